The van der Waals surface area contributed by atoms with Gasteiger partial charge in [-0.15, -0.1) is 0 Å². The summed E-state index contributed by atoms with van der Waals surface area (Å²) in [6, 6.07) is 8.51. The Morgan fingerprint density at radius 1 is 1.27 bits per heavy atom. The van der Waals surface area contributed by atoms with E-state index in [1.165, 1.54) is 16.7 Å². The van der Waals surface area contributed by atoms with Crippen molar-refractivity contribution in [3.63, 3.8) is 0 Å². The van der Waals surface area contributed by atoms with Crippen LogP contribution in [-0.2, 0) is 0 Å². The van der Waals surface area contributed by atoms with Gasteiger partial charge in [0.05, 0.1) is 0 Å². The Labute approximate surface area is 68.6 Å². The summed E-state index contributed by atoms with van der Waals surface area (Å²) in [5.74, 6) is 0. The molecule has 0 aliphatic rings. The van der Waals surface area contributed by atoms with Gasteiger partial charge in [0.15, 0.2) is 0 Å². The van der Waals surface area contributed by atoms with E-state index in [1.807, 2.05) is 0 Å². The van der Waals surface area contributed by atoms with Gasteiger partial charge in [0.2, 0.25) is 0 Å². The standard InChI is InChI=1S/C11H14/c1-9(2)7-11-6-4-5-10(3)8-11/h4-8H,1-3H3. The van der Waals surface area contributed by atoms with Crippen LogP contribution in [-0.4, -0.2) is 0 Å². The smallest absolute Gasteiger partial charge is 0.0255 e. The van der Waals surface area contributed by atoms with Crippen LogP contribution in [0.5, 0.6) is 0 Å². The quantitative estimate of drug-likeness (QED) is 0.569. The number of hydrogen-bond donors (Lipinski definition) is 0. The average molecular weight is 146 g/mol. The van der Waals surface area contributed by atoms with Crippen LogP contribution >= 0.6 is 0 Å². The monoisotopic (exact) mass is 146 g/mol. The Balaban J connectivity index is 2.97. The number of benzene rings is 1. The molecule has 0 unspecified atom stereocenters. The highest BCUT2D eigenvalue weighted by Crippen LogP contribution is 2.07. The minimum absolute atomic E-state index is 1.30. The van der Waals surface area contributed by atoms with Crippen molar-refractivity contribution >= 4 is 6.08 Å². The summed E-state index contributed by atoms with van der Waals surface area (Å²) < 4.78 is 0. The zero-order chi connectivity index (χ0) is 8.27. The van der Waals surface area contributed by atoms with E-state index in [2.05, 4.69) is 51.1 Å². The molecule has 0 fully saturated rings. The lowest BCUT2D eigenvalue weighted by Crippen LogP contribution is -1.75. The van der Waals surface area contributed by atoms with Crippen molar-refractivity contribution in [3.05, 3.63) is 41.0 Å². The molecule has 0 aliphatic heterocycles. The van der Waals surface area contributed by atoms with Gasteiger partial charge >= 0.3 is 0 Å². The van der Waals surface area contributed by atoms with E-state index in [0.29, 0.717) is 0 Å². The summed E-state index contributed by atoms with van der Waals surface area (Å²) in [5.41, 5.74) is 3.96. The molecule has 0 bridgehead atoms. The predicted octanol–water partition coefficient (Wildman–Crippen LogP) is 3.42. The molecule has 0 aromatic heterocycles. The van der Waals surface area contributed by atoms with Gasteiger partial charge in [-0.3, -0.25) is 0 Å². The van der Waals surface area contributed by atoms with Gasteiger partial charge < -0.3 is 0 Å². The van der Waals surface area contributed by atoms with Crippen LogP contribution in [0.1, 0.15) is 25.0 Å². The van der Waals surface area contributed by atoms with Crippen molar-refractivity contribution in [2.75, 3.05) is 0 Å². The summed E-state index contributed by atoms with van der Waals surface area (Å²) in [7, 11) is 0. The minimum Gasteiger partial charge on any atom is -0.0758 e. The van der Waals surface area contributed by atoms with Gasteiger partial charge in [0.1, 0.15) is 0 Å². The molecule has 0 saturated heterocycles. The molecule has 0 amide bonds. The zero-order valence-electron chi connectivity index (χ0n) is 7.39. The second-order valence-corrected chi connectivity index (χ2v) is 3.14. The van der Waals surface area contributed by atoms with Crippen molar-refractivity contribution in [1.29, 1.82) is 0 Å². The lowest BCUT2D eigenvalue weighted by atomic mass is 10.1. The number of rotatable bonds is 1. The Morgan fingerprint density at radius 3 is 2.55 bits per heavy atom. The third kappa shape index (κ3) is 2.58. The maximum atomic E-state index is 2.19. The normalized spacial score (nSPS) is 9.36. The van der Waals surface area contributed by atoms with Crippen LogP contribution in [0.4, 0.5) is 0 Å². The SMILES string of the molecule is CC(C)=Cc1cccc(C)c1. The van der Waals surface area contributed by atoms with E-state index in [0.717, 1.165) is 0 Å². The van der Waals surface area contributed by atoms with Crippen LogP contribution < -0.4 is 0 Å². The first-order valence-corrected chi connectivity index (χ1v) is 3.90. The highest BCUT2D eigenvalue weighted by atomic mass is 13.9. The molecule has 0 heteroatoms. The summed E-state index contributed by atoms with van der Waals surface area (Å²) in [4.78, 5) is 0. The first-order chi connectivity index (χ1) is 5.18. The van der Waals surface area contributed by atoms with E-state index in [-0.39, 0.29) is 0 Å². The largest absolute Gasteiger partial charge is 0.0758 e. The fraction of sp³-hybridized carbons (Fsp3) is 0.273. The Hall–Kier alpha value is -1.04. The van der Waals surface area contributed by atoms with Gasteiger partial charge in [-0.25, -0.2) is 0 Å². The minimum atomic E-state index is 1.30. The molecule has 0 heterocycles. The van der Waals surface area contributed by atoms with E-state index >= 15 is 0 Å². The van der Waals surface area contributed by atoms with E-state index in [9.17, 15) is 0 Å². The van der Waals surface area contributed by atoms with Crippen molar-refractivity contribution in [2.45, 2.75) is 20.8 Å². The molecule has 0 atom stereocenters. The predicted molar refractivity (Wildman–Crippen MR) is 50.5 cm³/mol. The highest BCUT2D eigenvalue weighted by Gasteiger charge is 1.86. The molecule has 11 heavy (non-hydrogen) atoms. The maximum Gasteiger partial charge on any atom is -0.0255 e. The molecule has 1 aromatic rings. The van der Waals surface area contributed by atoms with Crippen molar-refractivity contribution in [2.24, 2.45) is 0 Å². The third-order valence-corrected chi connectivity index (χ3v) is 1.50. The summed E-state index contributed by atoms with van der Waals surface area (Å²) in [6.45, 7) is 6.34. The van der Waals surface area contributed by atoms with Crippen molar-refractivity contribution < 1.29 is 0 Å². The van der Waals surface area contributed by atoms with Gasteiger partial charge in [-0.05, 0) is 26.3 Å². The van der Waals surface area contributed by atoms with Gasteiger partial charge in [-0.2, -0.15) is 0 Å². The topological polar surface area (TPSA) is 0 Å². The molecule has 0 saturated carbocycles. The Bertz CT molecular complexity index is 265. The van der Waals surface area contributed by atoms with Crippen molar-refractivity contribution in [3.8, 4) is 0 Å². The second kappa shape index (κ2) is 3.38. The van der Waals surface area contributed by atoms with Gasteiger partial charge in [0.25, 0.3) is 0 Å². The van der Waals surface area contributed by atoms with E-state index in [1.54, 1.807) is 0 Å². The molecule has 0 N–H and O–H groups in total. The second-order valence-electron chi connectivity index (χ2n) is 3.14. The van der Waals surface area contributed by atoms with E-state index in [4.69, 9.17) is 0 Å². The van der Waals surface area contributed by atoms with Crippen LogP contribution in [0.2, 0.25) is 0 Å². The fourth-order valence-corrected chi connectivity index (χ4v) is 1.09. The van der Waals surface area contributed by atoms with Crippen LogP contribution in [0.25, 0.3) is 6.08 Å². The molecule has 1 aromatic carbocycles. The van der Waals surface area contributed by atoms with Crippen LogP contribution in [0, 0.1) is 6.92 Å². The summed E-state index contributed by atoms with van der Waals surface area (Å²) >= 11 is 0. The Kier molecular flexibility index (Phi) is 2.48. The summed E-state index contributed by atoms with van der Waals surface area (Å²) in [5, 5.41) is 0. The number of aryl methyl sites for hydroxylation is 1. The molecule has 0 aliphatic carbocycles. The third-order valence-electron chi connectivity index (χ3n) is 1.50. The Morgan fingerprint density at radius 2 is 2.00 bits per heavy atom. The molecule has 58 valence electrons. The molecule has 0 spiro atoms. The lowest BCUT2D eigenvalue weighted by molar-refractivity contribution is 1.40. The molecular formula is C11H14. The fourth-order valence-electron chi connectivity index (χ4n) is 1.09. The van der Waals surface area contributed by atoms with Crippen LogP contribution in [0.15, 0.2) is 29.8 Å². The summed E-state index contributed by atoms with van der Waals surface area (Å²) in [6.07, 6.45) is 2.19. The molecule has 0 radical (unpaired) electrons. The van der Waals surface area contributed by atoms with E-state index < -0.39 is 0 Å². The first-order valence-electron chi connectivity index (χ1n) is 3.90. The average Bonchev–Trinajstić information content (AvgIpc) is 1.85. The number of allylic oxidation sites excluding steroid dienone is 1. The first kappa shape index (κ1) is 8.06. The van der Waals surface area contributed by atoms with Gasteiger partial charge in [-0.1, -0.05) is 41.5 Å². The molecule has 0 nitrogen and oxygen atoms in total. The maximum absolute atomic E-state index is 2.19. The van der Waals surface area contributed by atoms with Gasteiger partial charge in [0, 0.05) is 0 Å². The highest BCUT2D eigenvalue weighted by molar-refractivity contribution is 5.52. The molecule has 1 rings (SSSR count). The number of hydrogen-bond acceptors (Lipinski definition) is 0. The van der Waals surface area contributed by atoms with Crippen molar-refractivity contribution in [1.82, 2.24) is 0 Å². The molecular weight excluding hydrogens is 132 g/mol. The lowest BCUT2D eigenvalue weighted by Gasteiger charge is -1.95. The van der Waals surface area contributed by atoms with Crippen LogP contribution in [0.3, 0.4) is 0 Å². The zero-order valence-corrected chi connectivity index (χ0v) is 7.39.